The molecule has 0 atom stereocenters. The third-order valence-corrected chi connectivity index (χ3v) is 3.45. The first-order valence-electron chi connectivity index (χ1n) is 6.98. The Morgan fingerprint density at radius 2 is 2.17 bits per heavy atom. The van der Waals surface area contributed by atoms with Crippen molar-refractivity contribution in [2.45, 2.75) is 19.3 Å². The van der Waals surface area contributed by atoms with E-state index in [0.29, 0.717) is 0 Å². The average Bonchev–Trinajstić information content (AvgIpc) is 3.06. The molecule has 3 heterocycles. The molecule has 0 aliphatic rings. The van der Waals surface area contributed by atoms with Crippen molar-refractivity contribution in [3.05, 3.63) is 48.0 Å². The zero-order valence-electron chi connectivity index (χ0n) is 12.6. The van der Waals surface area contributed by atoms with Crippen LogP contribution in [-0.4, -0.2) is 25.1 Å². The molecule has 3 aromatic heterocycles. The number of aromatic nitrogens is 4. The Labute approximate surface area is 130 Å². The summed E-state index contributed by atoms with van der Waals surface area (Å²) in [7, 11) is 1.50. The molecule has 1 N–H and O–H groups in total. The van der Waals surface area contributed by atoms with Crippen LogP contribution in [0.25, 0.3) is 5.65 Å². The van der Waals surface area contributed by atoms with Gasteiger partial charge in [0.15, 0.2) is 0 Å². The van der Waals surface area contributed by atoms with Crippen molar-refractivity contribution in [2.75, 3.05) is 5.32 Å². The molecular formula is C15H15F2N5O. The first-order chi connectivity index (χ1) is 10.8. The topological polar surface area (TPSA) is 64.2 Å². The molecule has 0 saturated carbocycles. The molecule has 0 bridgehead atoms. The van der Waals surface area contributed by atoms with Gasteiger partial charge in [-0.1, -0.05) is 6.07 Å². The summed E-state index contributed by atoms with van der Waals surface area (Å²) in [6.45, 7) is 0.765. The van der Waals surface area contributed by atoms with Crippen LogP contribution in [0.4, 0.5) is 14.6 Å². The van der Waals surface area contributed by atoms with Gasteiger partial charge in [-0.15, -0.1) is 0 Å². The van der Waals surface area contributed by atoms with Gasteiger partial charge in [0.2, 0.25) is 5.91 Å². The summed E-state index contributed by atoms with van der Waals surface area (Å²) in [6.07, 6.45) is 3.50. The smallest absolute Gasteiger partial charge is 0.288 e. The van der Waals surface area contributed by atoms with E-state index < -0.39 is 5.92 Å². The molecule has 0 fully saturated rings. The minimum atomic E-state index is -3.05. The minimum absolute atomic E-state index is 0.0940. The van der Waals surface area contributed by atoms with Gasteiger partial charge in [-0.3, -0.25) is 9.48 Å². The fraction of sp³-hybridized carbons (Fsp3) is 0.267. The number of nitrogens with zero attached hydrogens (tertiary/aromatic N) is 4. The SMILES string of the molecule is Cn1nc(C(C)(F)F)cc1NC(=O)Cc1cccc2nccn12. The van der Waals surface area contributed by atoms with Gasteiger partial charge in [-0.2, -0.15) is 13.9 Å². The number of hydrogen-bond acceptors (Lipinski definition) is 3. The lowest BCUT2D eigenvalue weighted by Crippen LogP contribution is -2.18. The number of imidazole rings is 1. The summed E-state index contributed by atoms with van der Waals surface area (Å²) in [5.74, 6) is -3.15. The molecule has 0 aliphatic heterocycles. The van der Waals surface area contributed by atoms with Crippen LogP contribution in [0.3, 0.4) is 0 Å². The maximum Gasteiger partial charge on any atom is 0.288 e. The molecule has 0 saturated heterocycles. The Morgan fingerprint density at radius 1 is 1.39 bits per heavy atom. The number of carbonyl (C=O) groups excluding carboxylic acids is 1. The van der Waals surface area contributed by atoms with E-state index in [9.17, 15) is 13.6 Å². The highest BCUT2D eigenvalue weighted by Gasteiger charge is 2.28. The molecule has 3 aromatic rings. The number of carbonyl (C=O) groups is 1. The Morgan fingerprint density at radius 3 is 2.87 bits per heavy atom. The Kier molecular flexibility index (Phi) is 3.59. The van der Waals surface area contributed by atoms with E-state index in [4.69, 9.17) is 0 Å². The van der Waals surface area contributed by atoms with Crippen LogP contribution in [0, 0.1) is 0 Å². The van der Waals surface area contributed by atoms with Crippen LogP contribution in [-0.2, 0) is 24.2 Å². The van der Waals surface area contributed by atoms with Crippen LogP contribution in [0.5, 0.6) is 0 Å². The van der Waals surface area contributed by atoms with Crippen LogP contribution in [0.1, 0.15) is 18.3 Å². The van der Waals surface area contributed by atoms with E-state index in [1.165, 1.54) is 17.8 Å². The predicted octanol–water partition coefficient (Wildman–Crippen LogP) is 2.36. The highest BCUT2D eigenvalue weighted by Crippen LogP contribution is 2.27. The number of alkyl halides is 2. The van der Waals surface area contributed by atoms with Crippen LogP contribution in [0.2, 0.25) is 0 Å². The third-order valence-electron chi connectivity index (χ3n) is 3.45. The maximum absolute atomic E-state index is 13.3. The molecule has 0 spiro atoms. The summed E-state index contributed by atoms with van der Waals surface area (Å²) >= 11 is 0. The molecule has 3 rings (SSSR count). The summed E-state index contributed by atoms with van der Waals surface area (Å²) < 4.78 is 29.6. The standard InChI is InChI=1S/C15H15F2N5O/c1-15(16,17)11-9-13(21(2)20-11)19-14(23)8-10-4-3-5-12-18-6-7-22(10)12/h3-7,9H,8H2,1-2H3,(H,19,23). The van der Waals surface area contributed by atoms with Crippen LogP contribution in [0.15, 0.2) is 36.7 Å². The van der Waals surface area contributed by atoms with Crippen LogP contribution < -0.4 is 5.32 Å². The third kappa shape index (κ3) is 3.05. The van der Waals surface area contributed by atoms with Gasteiger partial charge < -0.3 is 9.72 Å². The maximum atomic E-state index is 13.3. The number of anilines is 1. The number of halogens is 2. The molecule has 0 aromatic carbocycles. The van der Waals surface area contributed by atoms with Crippen molar-refractivity contribution >= 4 is 17.4 Å². The van der Waals surface area contributed by atoms with Gasteiger partial charge in [-0.05, 0) is 12.1 Å². The zero-order valence-corrected chi connectivity index (χ0v) is 12.6. The first-order valence-corrected chi connectivity index (χ1v) is 6.98. The van der Waals surface area contributed by atoms with E-state index in [1.807, 2.05) is 18.2 Å². The van der Waals surface area contributed by atoms with Gasteiger partial charge in [-0.25, -0.2) is 4.98 Å². The highest BCUT2D eigenvalue weighted by atomic mass is 19.3. The molecule has 1 amide bonds. The quantitative estimate of drug-likeness (QED) is 0.803. The number of aryl methyl sites for hydroxylation is 1. The largest absolute Gasteiger partial charge is 0.311 e. The van der Waals surface area contributed by atoms with Crippen molar-refractivity contribution in [1.29, 1.82) is 0 Å². The average molecular weight is 319 g/mol. The van der Waals surface area contributed by atoms with Gasteiger partial charge >= 0.3 is 0 Å². The van der Waals surface area contributed by atoms with Crippen molar-refractivity contribution in [2.24, 2.45) is 7.05 Å². The van der Waals surface area contributed by atoms with Crippen molar-refractivity contribution in [3.8, 4) is 0 Å². The van der Waals surface area contributed by atoms with Gasteiger partial charge in [0.05, 0.1) is 6.42 Å². The van der Waals surface area contributed by atoms with E-state index >= 15 is 0 Å². The lowest BCUT2D eigenvalue weighted by molar-refractivity contribution is -0.115. The zero-order chi connectivity index (χ0) is 16.6. The van der Waals surface area contributed by atoms with Crippen molar-refractivity contribution in [1.82, 2.24) is 19.2 Å². The second-order valence-electron chi connectivity index (χ2n) is 5.32. The lowest BCUT2D eigenvalue weighted by Gasteiger charge is -2.07. The summed E-state index contributed by atoms with van der Waals surface area (Å²) in [5, 5.41) is 6.32. The van der Waals surface area contributed by atoms with E-state index in [1.54, 1.807) is 16.8 Å². The monoisotopic (exact) mass is 319 g/mol. The van der Waals surface area contributed by atoms with Gasteiger partial charge in [0.1, 0.15) is 17.2 Å². The second-order valence-corrected chi connectivity index (χ2v) is 5.32. The molecular weight excluding hydrogens is 304 g/mol. The molecule has 0 unspecified atom stereocenters. The summed E-state index contributed by atoms with van der Waals surface area (Å²) in [4.78, 5) is 16.3. The van der Waals surface area contributed by atoms with Crippen molar-refractivity contribution < 1.29 is 13.6 Å². The fourth-order valence-corrected chi connectivity index (χ4v) is 2.30. The minimum Gasteiger partial charge on any atom is -0.311 e. The molecule has 8 heteroatoms. The molecule has 0 aliphatic carbocycles. The molecule has 120 valence electrons. The Balaban J connectivity index is 1.78. The summed E-state index contributed by atoms with van der Waals surface area (Å²) in [5.41, 5.74) is 1.11. The van der Waals surface area contributed by atoms with E-state index in [-0.39, 0.29) is 23.8 Å². The predicted molar refractivity (Wildman–Crippen MR) is 80.3 cm³/mol. The normalized spacial score (nSPS) is 11.8. The number of pyridine rings is 1. The van der Waals surface area contributed by atoms with Gasteiger partial charge in [0, 0.05) is 38.1 Å². The number of hydrogen-bond donors (Lipinski definition) is 1. The van der Waals surface area contributed by atoms with Crippen molar-refractivity contribution in [3.63, 3.8) is 0 Å². The summed E-state index contributed by atoms with van der Waals surface area (Å²) in [6, 6.07) is 6.63. The number of fused-ring (bicyclic) bond motifs is 1. The second kappa shape index (κ2) is 5.45. The Bertz CT molecular complexity index is 862. The molecule has 23 heavy (non-hydrogen) atoms. The van der Waals surface area contributed by atoms with Crippen LogP contribution >= 0.6 is 0 Å². The number of rotatable bonds is 4. The molecule has 0 radical (unpaired) electrons. The van der Waals surface area contributed by atoms with E-state index in [0.717, 1.165) is 18.3 Å². The highest BCUT2D eigenvalue weighted by molar-refractivity contribution is 5.91. The Hall–Kier alpha value is -2.77. The van der Waals surface area contributed by atoms with Gasteiger partial charge in [0.25, 0.3) is 5.92 Å². The lowest BCUT2D eigenvalue weighted by atomic mass is 10.2. The van der Waals surface area contributed by atoms with E-state index in [2.05, 4.69) is 15.4 Å². The molecule has 6 nitrogen and oxygen atoms in total. The first kappa shape index (κ1) is 15.1. The fourth-order valence-electron chi connectivity index (χ4n) is 2.30. The number of nitrogens with one attached hydrogen (secondary N) is 1. The number of amides is 1.